The molecule has 1 rings (SSSR count). The van der Waals surface area contributed by atoms with Crippen molar-refractivity contribution in [3.63, 3.8) is 0 Å². The van der Waals surface area contributed by atoms with E-state index >= 15 is 0 Å². The maximum atomic E-state index is 10.9. The first-order valence-corrected chi connectivity index (χ1v) is 4.99. The van der Waals surface area contributed by atoms with Crippen LogP contribution >= 0.6 is 0 Å². The lowest BCUT2D eigenvalue weighted by Crippen LogP contribution is -2.17. The molecule has 0 bridgehead atoms. The molecule has 0 amide bonds. The first kappa shape index (κ1) is 12.4. The van der Waals surface area contributed by atoms with Gasteiger partial charge in [0, 0.05) is 11.6 Å². The van der Waals surface area contributed by atoms with Crippen molar-refractivity contribution in [1.82, 2.24) is 0 Å². The zero-order chi connectivity index (χ0) is 12.3. The second kappa shape index (κ2) is 4.90. The number of aldehydes is 1. The van der Waals surface area contributed by atoms with Gasteiger partial charge in [0.15, 0.2) is 0 Å². The van der Waals surface area contributed by atoms with E-state index in [0.29, 0.717) is 17.4 Å². The molecule has 16 heavy (non-hydrogen) atoms. The van der Waals surface area contributed by atoms with Crippen LogP contribution in [0.1, 0.15) is 39.5 Å². The van der Waals surface area contributed by atoms with Gasteiger partial charge in [-0.1, -0.05) is 6.07 Å². The number of carboxylic acids is 1. The number of aliphatic carboxylic acids is 1. The average Bonchev–Trinajstić information content (AvgIpc) is 2.20. The van der Waals surface area contributed by atoms with Gasteiger partial charge in [-0.2, -0.15) is 0 Å². The fraction of sp³-hybridized carbons (Fsp3) is 0.333. The van der Waals surface area contributed by atoms with Crippen LogP contribution in [0.5, 0.6) is 0 Å². The predicted octanol–water partition coefficient (Wildman–Crippen LogP) is 1.59. The zero-order valence-electron chi connectivity index (χ0n) is 9.36. The minimum atomic E-state index is -0.970. The number of hydrogen-bond acceptors (Lipinski definition) is 3. The van der Waals surface area contributed by atoms with Crippen LogP contribution in [-0.2, 0) is 4.79 Å². The number of hydrogen-bond donors (Lipinski definition) is 2. The SMILES string of the molecule is Cc1cc(C=O)c(C(N)CC(=O)O)cc1C. The molecule has 1 unspecified atom stereocenters. The molecule has 0 saturated carbocycles. The third-order valence-corrected chi connectivity index (χ3v) is 2.62. The molecule has 86 valence electrons. The van der Waals surface area contributed by atoms with Crippen molar-refractivity contribution in [1.29, 1.82) is 0 Å². The number of benzene rings is 1. The van der Waals surface area contributed by atoms with Crippen LogP contribution in [-0.4, -0.2) is 17.4 Å². The van der Waals surface area contributed by atoms with Crippen LogP contribution in [0.15, 0.2) is 12.1 Å². The van der Waals surface area contributed by atoms with E-state index < -0.39 is 12.0 Å². The van der Waals surface area contributed by atoms with Crippen LogP contribution in [0.4, 0.5) is 0 Å². The lowest BCUT2D eigenvalue weighted by atomic mass is 9.94. The Kier molecular flexibility index (Phi) is 3.79. The highest BCUT2D eigenvalue weighted by Crippen LogP contribution is 2.21. The molecule has 0 aliphatic heterocycles. The third-order valence-electron chi connectivity index (χ3n) is 2.62. The summed E-state index contributed by atoms with van der Waals surface area (Å²) in [4.78, 5) is 21.4. The number of nitrogens with two attached hydrogens (primary N) is 1. The fourth-order valence-corrected chi connectivity index (χ4v) is 1.58. The molecule has 0 aliphatic carbocycles. The maximum Gasteiger partial charge on any atom is 0.305 e. The van der Waals surface area contributed by atoms with Gasteiger partial charge < -0.3 is 10.8 Å². The molecular formula is C12H15NO3. The quantitative estimate of drug-likeness (QED) is 0.756. The molecule has 0 aliphatic rings. The van der Waals surface area contributed by atoms with E-state index in [1.165, 1.54) is 0 Å². The van der Waals surface area contributed by atoms with Crippen LogP contribution in [0.3, 0.4) is 0 Å². The minimum absolute atomic E-state index is 0.177. The van der Waals surface area contributed by atoms with Gasteiger partial charge in [0.2, 0.25) is 0 Å². The van der Waals surface area contributed by atoms with Crippen molar-refractivity contribution in [3.05, 3.63) is 34.4 Å². The lowest BCUT2D eigenvalue weighted by Gasteiger charge is -2.14. The molecule has 4 heteroatoms. The van der Waals surface area contributed by atoms with Crippen LogP contribution in [0.25, 0.3) is 0 Å². The second-order valence-corrected chi connectivity index (χ2v) is 3.89. The highest BCUT2D eigenvalue weighted by atomic mass is 16.4. The number of carbonyl (C=O) groups excluding carboxylic acids is 1. The molecular weight excluding hydrogens is 206 g/mol. The van der Waals surface area contributed by atoms with Crippen LogP contribution in [0, 0.1) is 13.8 Å². The van der Waals surface area contributed by atoms with Gasteiger partial charge in [0.25, 0.3) is 0 Å². The number of rotatable bonds is 4. The summed E-state index contributed by atoms with van der Waals surface area (Å²) in [6, 6.07) is 2.88. The van der Waals surface area contributed by atoms with E-state index in [-0.39, 0.29) is 6.42 Å². The molecule has 1 atom stereocenters. The average molecular weight is 221 g/mol. The Morgan fingerprint density at radius 2 is 2.00 bits per heavy atom. The van der Waals surface area contributed by atoms with Gasteiger partial charge in [-0.15, -0.1) is 0 Å². The molecule has 0 heterocycles. The Hall–Kier alpha value is -1.68. The number of carbonyl (C=O) groups is 2. The summed E-state index contributed by atoms with van der Waals surface area (Å²) < 4.78 is 0. The Morgan fingerprint density at radius 3 is 2.50 bits per heavy atom. The Labute approximate surface area is 94.1 Å². The molecule has 4 nitrogen and oxygen atoms in total. The smallest absolute Gasteiger partial charge is 0.305 e. The van der Waals surface area contributed by atoms with E-state index in [2.05, 4.69) is 0 Å². The van der Waals surface area contributed by atoms with Crippen LogP contribution < -0.4 is 5.73 Å². The zero-order valence-corrected chi connectivity index (χ0v) is 9.36. The summed E-state index contributed by atoms with van der Waals surface area (Å²) in [5.74, 6) is -0.970. The van der Waals surface area contributed by atoms with E-state index in [4.69, 9.17) is 10.8 Å². The normalized spacial score (nSPS) is 12.2. The van der Waals surface area contributed by atoms with E-state index in [0.717, 1.165) is 11.1 Å². The monoisotopic (exact) mass is 221 g/mol. The first-order chi connectivity index (χ1) is 7.45. The summed E-state index contributed by atoms with van der Waals surface area (Å²) in [6.45, 7) is 3.80. The predicted molar refractivity (Wildman–Crippen MR) is 60.5 cm³/mol. The van der Waals surface area contributed by atoms with Gasteiger partial charge in [0.05, 0.1) is 6.42 Å². The van der Waals surface area contributed by atoms with Gasteiger partial charge in [0.1, 0.15) is 6.29 Å². The largest absolute Gasteiger partial charge is 0.481 e. The standard InChI is InChI=1S/C12H15NO3/c1-7-3-9(6-14)10(4-8(7)2)11(13)5-12(15)16/h3-4,6,11H,5,13H2,1-2H3,(H,15,16). The topological polar surface area (TPSA) is 80.4 Å². The van der Waals surface area contributed by atoms with Crippen LogP contribution in [0.2, 0.25) is 0 Å². The molecule has 3 N–H and O–H groups in total. The van der Waals surface area contributed by atoms with Gasteiger partial charge >= 0.3 is 5.97 Å². The van der Waals surface area contributed by atoms with Crippen molar-refractivity contribution >= 4 is 12.3 Å². The molecule has 0 aromatic heterocycles. The molecule has 1 aromatic rings. The van der Waals surface area contributed by atoms with Crippen molar-refractivity contribution in [3.8, 4) is 0 Å². The van der Waals surface area contributed by atoms with E-state index in [1.54, 1.807) is 12.1 Å². The van der Waals surface area contributed by atoms with Crippen molar-refractivity contribution < 1.29 is 14.7 Å². The number of carboxylic acid groups (broad SMARTS) is 1. The molecule has 0 saturated heterocycles. The second-order valence-electron chi connectivity index (χ2n) is 3.89. The maximum absolute atomic E-state index is 10.9. The minimum Gasteiger partial charge on any atom is -0.481 e. The summed E-state index contributed by atoms with van der Waals surface area (Å²) in [5.41, 5.74) is 8.81. The highest BCUT2D eigenvalue weighted by molar-refractivity contribution is 5.79. The van der Waals surface area contributed by atoms with E-state index in [9.17, 15) is 9.59 Å². The molecule has 0 spiro atoms. The Morgan fingerprint density at radius 1 is 1.44 bits per heavy atom. The highest BCUT2D eigenvalue weighted by Gasteiger charge is 2.15. The van der Waals surface area contributed by atoms with Crippen molar-refractivity contribution in [2.45, 2.75) is 26.3 Å². The van der Waals surface area contributed by atoms with E-state index in [1.807, 2.05) is 13.8 Å². The van der Waals surface area contributed by atoms with Gasteiger partial charge in [-0.05, 0) is 36.6 Å². The Bertz CT molecular complexity index is 427. The van der Waals surface area contributed by atoms with Gasteiger partial charge in [-0.3, -0.25) is 9.59 Å². The summed E-state index contributed by atoms with van der Waals surface area (Å²) in [6.07, 6.45) is 0.535. The third kappa shape index (κ3) is 2.67. The first-order valence-electron chi connectivity index (χ1n) is 4.99. The molecule has 0 radical (unpaired) electrons. The summed E-state index contributed by atoms with van der Waals surface area (Å²) >= 11 is 0. The molecule has 0 fully saturated rings. The summed E-state index contributed by atoms with van der Waals surface area (Å²) in [7, 11) is 0. The lowest BCUT2D eigenvalue weighted by molar-refractivity contribution is -0.137. The summed E-state index contributed by atoms with van der Waals surface area (Å²) in [5, 5.41) is 8.66. The van der Waals surface area contributed by atoms with Crippen molar-refractivity contribution in [2.75, 3.05) is 0 Å². The van der Waals surface area contributed by atoms with Gasteiger partial charge in [-0.25, -0.2) is 0 Å². The molecule has 1 aromatic carbocycles. The van der Waals surface area contributed by atoms with Crippen molar-refractivity contribution in [2.24, 2.45) is 5.73 Å². The fourth-order valence-electron chi connectivity index (χ4n) is 1.58. The Balaban J connectivity index is 3.15. The number of aryl methyl sites for hydroxylation is 2.